The van der Waals surface area contributed by atoms with E-state index in [1.807, 2.05) is 54.6 Å². The Morgan fingerprint density at radius 2 is 1.89 bits per heavy atom. The maximum absolute atomic E-state index is 12.9. The van der Waals surface area contributed by atoms with E-state index >= 15 is 0 Å². The van der Waals surface area contributed by atoms with Crippen LogP contribution in [0.25, 0.3) is 0 Å². The number of hydrazine groups is 2. The van der Waals surface area contributed by atoms with Crippen LogP contribution >= 0.6 is 15.9 Å². The molecule has 0 amide bonds. The second kappa shape index (κ2) is 8.34. The third-order valence-electron chi connectivity index (χ3n) is 4.22. The summed E-state index contributed by atoms with van der Waals surface area (Å²) in [5, 5.41) is 1.33. The van der Waals surface area contributed by atoms with Gasteiger partial charge in [0.15, 0.2) is 0 Å². The van der Waals surface area contributed by atoms with Crippen molar-refractivity contribution in [3.05, 3.63) is 81.5 Å². The predicted molar refractivity (Wildman–Crippen MR) is 107 cm³/mol. The highest BCUT2D eigenvalue weighted by atomic mass is 79.9. The number of carbonyl (C=O) groups excluding carboxylic acids is 1. The van der Waals surface area contributed by atoms with Gasteiger partial charge in [-0.05, 0) is 24.1 Å². The molecule has 5 N–H and O–H groups in total. The lowest BCUT2D eigenvalue weighted by atomic mass is 9.95. The number of ether oxygens (including phenoxy) is 1. The van der Waals surface area contributed by atoms with E-state index in [2.05, 4.69) is 26.3 Å². The van der Waals surface area contributed by atoms with E-state index in [1.54, 1.807) is 6.92 Å². The first kappa shape index (κ1) is 19.1. The lowest BCUT2D eigenvalue weighted by molar-refractivity contribution is -0.141. The number of allylic oxidation sites excluding steroid dienone is 1. The van der Waals surface area contributed by atoms with Gasteiger partial charge in [-0.1, -0.05) is 64.5 Å². The zero-order valence-corrected chi connectivity index (χ0v) is 16.3. The van der Waals surface area contributed by atoms with Gasteiger partial charge in [0.05, 0.1) is 11.3 Å². The number of esters is 1. The largest absolute Gasteiger partial charge is 0.457 e. The van der Waals surface area contributed by atoms with Crippen LogP contribution in [-0.4, -0.2) is 16.9 Å². The average Bonchev–Trinajstić information content (AvgIpc) is 2.68. The van der Waals surface area contributed by atoms with E-state index in [1.165, 1.54) is 5.01 Å². The van der Waals surface area contributed by atoms with Gasteiger partial charge in [-0.2, -0.15) is 0 Å². The molecule has 0 saturated heterocycles. The van der Waals surface area contributed by atoms with E-state index < -0.39 is 12.0 Å². The van der Waals surface area contributed by atoms with Gasteiger partial charge < -0.3 is 4.74 Å². The van der Waals surface area contributed by atoms with Crippen LogP contribution < -0.4 is 17.1 Å². The molecule has 140 valence electrons. The van der Waals surface area contributed by atoms with Gasteiger partial charge in [0.25, 0.3) is 0 Å². The number of nitrogens with two attached hydrogens (primary N) is 2. The van der Waals surface area contributed by atoms with Gasteiger partial charge in [0.1, 0.15) is 12.6 Å². The van der Waals surface area contributed by atoms with Crippen LogP contribution in [-0.2, 0) is 16.1 Å². The lowest BCUT2D eigenvalue weighted by Gasteiger charge is -2.35. The van der Waals surface area contributed by atoms with E-state index in [-0.39, 0.29) is 12.6 Å². The van der Waals surface area contributed by atoms with Gasteiger partial charge in [-0.15, -0.1) is 0 Å². The zero-order valence-electron chi connectivity index (χ0n) is 14.7. The molecule has 1 aliphatic heterocycles. The van der Waals surface area contributed by atoms with Crippen LogP contribution in [0.15, 0.2) is 75.3 Å². The summed E-state index contributed by atoms with van der Waals surface area (Å²) in [6, 6.07) is 16.4. The molecule has 0 radical (unpaired) electrons. The number of aliphatic imine (C=N–C) groups is 1. The van der Waals surface area contributed by atoms with Crippen molar-refractivity contribution in [1.29, 1.82) is 0 Å². The number of hydrogen-bond donors (Lipinski definition) is 3. The molecule has 1 unspecified atom stereocenters. The van der Waals surface area contributed by atoms with Gasteiger partial charge in [0, 0.05) is 4.47 Å². The first-order valence-electron chi connectivity index (χ1n) is 8.28. The van der Waals surface area contributed by atoms with Crippen LogP contribution in [0.3, 0.4) is 0 Å². The predicted octanol–water partition coefficient (Wildman–Crippen LogP) is 2.52. The molecule has 2 aromatic rings. The van der Waals surface area contributed by atoms with Crippen molar-refractivity contribution in [2.24, 2.45) is 16.7 Å². The normalized spacial score (nSPS) is 16.8. The Labute approximate surface area is 165 Å². The number of rotatable bonds is 4. The van der Waals surface area contributed by atoms with E-state index in [0.717, 1.165) is 15.6 Å². The minimum atomic E-state index is -0.604. The summed E-state index contributed by atoms with van der Waals surface area (Å²) in [4.78, 5) is 17.2. The second-order valence-electron chi connectivity index (χ2n) is 5.97. The third-order valence-corrected chi connectivity index (χ3v) is 4.94. The van der Waals surface area contributed by atoms with Crippen molar-refractivity contribution >= 4 is 27.9 Å². The zero-order chi connectivity index (χ0) is 19.4. The van der Waals surface area contributed by atoms with Gasteiger partial charge in [-0.25, -0.2) is 21.5 Å². The van der Waals surface area contributed by atoms with Crippen molar-refractivity contribution in [1.82, 2.24) is 10.4 Å². The minimum Gasteiger partial charge on any atom is -0.457 e. The molecule has 2 aromatic carbocycles. The fraction of sp³-hybridized carbons (Fsp3) is 0.158. The van der Waals surface area contributed by atoms with E-state index in [4.69, 9.17) is 16.4 Å². The number of halogens is 1. The SMILES string of the molecule is CC1=C(C(=O)OCc2ccccc2)C(c2ccccc2Br)N(N)C(NN)=N1. The molecule has 1 heterocycles. The number of nitrogens with zero attached hydrogens (tertiary/aromatic N) is 2. The molecule has 7 nitrogen and oxygen atoms in total. The second-order valence-corrected chi connectivity index (χ2v) is 6.83. The smallest absolute Gasteiger partial charge is 0.338 e. The number of guanidine groups is 1. The molecule has 27 heavy (non-hydrogen) atoms. The summed E-state index contributed by atoms with van der Waals surface area (Å²) < 4.78 is 6.34. The summed E-state index contributed by atoms with van der Waals surface area (Å²) in [5.74, 6) is 11.5. The highest BCUT2D eigenvalue weighted by molar-refractivity contribution is 9.10. The minimum absolute atomic E-state index is 0.162. The molecule has 0 aromatic heterocycles. The van der Waals surface area contributed by atoms with Crippen LogP contribution in [0.4, 0.5) is 0 Å². The summed E-state index contributed by atoms with van der Waals surface area (Å²) in [6.07, 6.45) is 0. The van der Waals surface area contributed by atoms with Crippen molar-refractivity contribution in [2.75, 3.05) is 0 Å². The van der Waals surface area contributed by atoms with Crippen molar-refractivity contribution in [2.45, 2.75) is 19.6 Å². The van der Waals surface area contributed by atoms with Crippen molar-refractivity contribution in [3.63, 3.8) is 0 Å². The standard InChI is InChI=1S/C19H20BrN5O2/c1-12-16(18(26)27-11-13-7-3-2-4-8-13)17(25(22)19(23-12)24-21)14-9-5-6-10-15(14)20/h2-10,17H,11,21-22H2,1H3,(H,23,24). The molecule has 1 atom stereocenters. The fourth-order valence-corrected chi connectivity index (χ4v) is 3.41. The van der Waals surface area contributed by atoms with Crippen LogP contribution in [0, 0.1) is 0 Å². The van der Waals surface area contributed by atoms with Gasteiger partial charge >= 0.3 is 5.97 Å². The maximum atomic E-state index is 12.9. The number of nitrogens with one attached hydrogen (secondary N) is 1. The molecule has 1 aliphatic rings. The molecule has 0 fully saturated rings. The molecule has 0 bridgehead atoms. The van der Waals surface area contributed by atoms with E-state index in [9.17, 15) is 4.79 Å². The Hall–Kier alpha value is -2.68. The Morgan fingerprint density at radius 1 is 1.22 bits per heavy atom. The molecule has 0 saturated carbocycles. The average molecular weight is 430 g/mol. The van der Waals surface area contributed by atoms with Gasteiger partial charge in [-0.3, -0.25) is 10.4 Å². The third kappa shape index (κ3) is 4.02. The highest BCUT2D eigenvalue weighted by Crippen LogP contribution is 2.36. The quantitative estimate of drug-likeness (QED) is 0.391. The summed E-state index contributed by atoms with van der Waals surface area (Å²) in [6.45, 7) is 1.89. The van der Waals surface area contributed by atoms with Crippen LogP contribution in [0.1, 0.15) is 24.1 Å². The number of carbonyl (C=O) groups is 1. The van der Waals surface area contributed by atoms with Crippen molar-refractivity contribution in [3.8, 4) is 0 Å². The Kier molecular flexibility index (Phi) is 5.90. The summed E-state index contributed by atoms with van der Waals surface area (Å²) in [5.41, 5.74) is 5.02. The molecule has 8 heteroatoms. The topological polar surface area (TPSA) is 106 Å². The number of benzene rings is 2. The molecule has 3 rings (SSSR count). The fourth-order valence-electron chi connectivity index (χ4n) is 2.91. The monoisotopic (exact) mass is 429 g/mol. The van der Waals surface area contributed by atoms with Crippen molar-refractivity contribution < 1.29 is 9.53 Å². The Morgan fingerprint density at radius 3 is 2.56 bits per heavy atom. The van der Waals surface area contributed by atoms with Crippen LogP contribution in [0.2, 0.25) is 0 Å². The summed E-state index contributed by atoms with van der Waals surface area (Å²) >= 11 is 3.52. The van der Waals surface area contributed by atoms with E-state index in [0.29, 0.717) is 11.3 Å². The molecule has 0 spiro atoms. The summed E-state index contributed by atoms with van der Waals surface area (Å²) in [7, 11) is 0. The maximum Gasteiger partial charge on any atom is 0.338 e. The first-order chi connectivity index (χ1) is 13.0. The Balaban J connectivity index is 1.96. The van der Waals surface area contributed by atoms with Gasteiger partial charge in [0.2, 0.25) is 5.96 Å². The highest BCUT2D eigenvalue weighted by Gasteiger charge is 2.36. The molecular weight excluding hydrogens is 410 g/mol. The molecular formula is C19H20BrN5O2. The van der Waals surface area contributed by atoms with Crippen LogP contribution in [0.5, 0.6) is 0 Å². The lowest BCUT2D eigenvalue weighted by Crippen LogP contribution is -2.53. The molecule has 0 aliphatic carbocycles. The Bertz CT molecular complexity index is 898. The number of hydrogen-bond acceptors (Lipinski definition) is 7. The first-order valence-corrected chi connectivity index (χ1v) is 9.07.